The molecule has 7 nitrogen and oxygen atoms in total. The molecule has 28 heavy (non-hydrogen) atoms. The number of pyridine rings is 1. The lowest BCUT2D eigenvalue weighted by molar-refractivity contribution is 0.0964. The average molecular weight is 400 g/mol. The zero-order valence-corrected chi connectivity index (χ0v) is 16.0. The number of ether oxygens (including phenoxy) is 1. The number of hydrogen-bond acceptors (Lipinski definition) is 5. The molecule has 0 radical (unpaired) electrons. The van der Waals surface area contributed by atoms with Gasteiger partial charge in [-0.15, -0.1) is 0 Å². The summed E-state index contributed by atoms with van der Waals surface area (Å²) in [5.41, 5.74) is 1.27. The molecule has 0 aliphatic heterocycles. The minimum absolute atomic E-state index is 0.0651. The first-order valence-electron chi connectivity index (χ1n) is 8.92. The zero-order valence-electron chi connectivity index (χ0n) is 15.2. The Morgan fingerprint density at radius 1 is 1.21 bits per heavy atom. The van der Waals surface area contributed by atoms with Crippen LogP contribution in [0.25, 0.3) is 11.0 Å². The smallest absolute Gasteiger partial charge is 0.330 e. The predicted molar refractivity (Wildman–Crippen MR) is 105 cm³/mol. The number of aromatic amines is 1. The minimum atomic E-state index is -0.543. The second kappa shape index (κ2) is 7.33. The fourth-order valence-electron chi connectivity index (χ4n) is 3.77. The van der Waals surface area contributed by atoms with Crippen molar-refractivity contribution in [1.82, 2.24) is 14.5 Å². The van der Waals surface area contributed by atoms with Crippen LogP contribution in [0.3, 0.4) is 0 Å². The van der Waals surface area contributed by atoms with Crippen molar-refractivity contribution in [2.45, 2.75) is 25.3 Å². The SMILES string of the molecule is COCCn1c(=O)[nH]c(=O)c2c3c(cnc21)C(=O)CC(c1ccc(Cl)cc1)C3. The lowest BCUT2D eigenvalue weighted by Crippen LogP contribution is -2.33. The molecule has 1 aliphatic rings. The molecule has 144 valence electrons. The van der Waals surface area contributed by atoms with Crippen LogP contribution in [-0.2, 0) is 17.7 Å². The Labute approximate surface area is 164 Å². The van der Waals surface area contributed by atoms with Crippen molar-refractivity contribution < 1.29 is 9.53 Å². The highest BCUT2D eigenvalue weighted by Gasteiger charge is 2.29. The molecule has 0 fully saturated rings. The molecule has 1 unspecified atom stereocenters. The van der Waals surface area contributed by atoms with E-state index in [0.717, 1.165) is 5.56 Å². The Morgan fingerprint density at radius 2 is 1.96 bits per heavy atom. The molecule has 0 amide bonds. The van der Waals surface area contributed by atoms with Gasteiger partial charge in [-0.05, 0) is 35.6 Å². The molecular formula is C20H18ClN3O4. The van der Waals surface area contributed by atoms with E-state index in [1.165, 1.54) is 17.9 Å². The van der Waals surface area contributed by atoms with E-state index in [1.807, 2.05) is 12.1 Å². The van der Waals surface area contributed by atoms with Crippen molar-refractivity contribution in [2.75, 3.05) is 13.7 Å². The summed E-state index contributed by atoms with van der Waals surface area (Å²) in [6.45, 7) is 0.551. The molecule has 3 aromatic rings. The van der Waals surface area contributed by atoms with Crippen LogP contribution < -0.4 is 11.2 Å². The highest BCUT2D eigenvalue weighted by Crippen LogP contribution is 2.35. The first-order valence-corrected chi connectivity index (χ1v) is 9.29. The van der Waals surface area contributed by atoms with E-state index in [9.17, 15) is 14.4 Å². The third-order valence-electron chi connectivity index (χ3n) is 5.16. The van der Waals surface area contributed by atoms with E-state index in [0.29, 0.717) is 41.0 Å². The lowest BCUT2D eigenvalue weighted by Gasteiger charge is -2.25. The zero-order chi connectivity index (χ0) is 19.8. The van der Waals surface area contributed by atoms with Gasteiger partial charge in [0.05, 0.1) is 18.5 Å². The van der Waals surface area contributed by atoms with Crippen LogP contribution in [0.5, 0.6) is 0 Å². The third-order valence-corrected chi connectivity index (χ3v) is 5.41. The molecule has 2 aromatic heterocycles. The first-order chi connectivity index (χ1) is 13.5. The van der Waals surface area contributed by atoms with Gasteiger partial charge in [0.2, 0.25) is 0 Å². The molecule has 1 atom stereocenters. The molecular weight excluding hydrogens is 382 g/mol. The largest absolute Gasteiger partial charge is 0.383 e. The van der Waals surface area contributed by atoms with Crippen LogP contribution in [-0.4, -0.2) is 34.0 Å². The number of H-pyrrole nitrogens is 1. The maximum atomic E-state index is 12.7. The van der Waals surface area contributed by atoms with Gasteiger partial charge >= 0.3 is 5.69 Å². The van der Waals surface area contributed by atoms with Crippen LogP contribution >= 0.6 is 11.6 Å². The molecule has 0 saturated heterocycles. The number of methoxy groups -OCH3 is 1. The molecule has 2 heterocycles. The van der Waals surface area contributed by atoms with Crippen molar-refractivity contribution in [3.8, 4) is 0 Å². The third kappa shape index (κ3) is 3.16. The molecule has 8 heteroatoms. The highest BCUT2D eigenvalue weighted by molar-refractivity contribution is 6.30. The van der Waals surface area contributed by atoms with Gasteiger partial charge in [0.25, 0.3) is 5.56 Å². The number of carbonyl (C=O) groups is 1. The summed E-state index contributed by atoms with van der Waals surface area (Å²) in [6.07, 6.45) is 2.32. The number of carbonyl (C=O) groups excluding carboxylic acids is 1. The number of halogens is 1. The second-order valence-electron chi connectivity index (χ2n) is 6.83. The fourth-order valence-corrected chi connectivity index (χ4v) is 3.90. The van der Waals surface area contributed by atoms with Crippen molar-refractivity contribution in [1.29, 1.82) is 0 Å². The molecule has 1 aromatic carbocycles. The summed E-state index contributed by atoms with van der Waals surface area (Å²) in [4.78, 5) is 44.2. The number of nitrogens with one attached hydrogen (secondary N) is 1. The Kier molecular flexibility index (Phi) is 4.87. The summed E-state index contributed by atoms with van der Waals surface area (Å²) >= 11 is 5.97. The molecule has 0 spiro atoms. The number of hydrogen-bond donors (Lipinski definition) is 1. The van der Waals surface area contributed by atoms with Gasteiger partial charge in [-0.2, -0.15) is 0 Å². The van der Waals surface area contributed by atoms with Crippen molar-refractivity contribution in [3.63, 3.8) is 0 Å². The normalized spacial score (nSPS) is 16.4. The second-order valence-corrected chi connectivity index (χ2v) is 7.27. The number of rotatable bonds is 4. The van der Waals surface area contributed by atoms with Crippen molar-refractivity contribution >= 4 is 28.4 Å². The van der Waals surface area contributed by atoms with E-state index < -0.39 is 11.2 Å². The van der Waals surface area contributed by atoms with Gasteiger partial charge in [-0.3, -0.25) is 19.1 Å². The maximum absolute atomic E-state index is 12.7. The van der Waals surface area contributed by atoms with E-state index >= 15 is 0 Å². The van der Waals surface area contributed by atoms with E-state index in [2.05, 4.69) is 9.97 Å². The summed E-state index contributed by atoms with van der Waals surface area (Å²) in [6, 6.07) is 7.37. The fraction of sp³-hybridized carbons (Fsp3) is 0.300. The number of fused-ring (bicyclic) bond motifs is 3. The standard InChI is InChI=1S/C20H18ClN3O4/c1-28-7-6-24-18-17(19(26)23-20(24)27)14-8-12(9-16(25)15(14)10-22-18)11-2-4-13(21)5-3-11/h2-5,10,12H,6-9H2,1H3,(H,23,26,27). The maximum Gasteiger partial charge on any atom is 0.330 e. The minimum Gasteiger partial charge on any atom is -0.383 e. The van der Waals surface area contributed by atoms with Gasteiger partial charge in [0, 0.05) is 30.3 Å². The highest BCUT2D eigenvalue weighted by atomic mass is 35.5. The van der Waals surface area contributed by atoms with E-state index in [4.69, 9.17) is 16.3 Å². The summed E-state index contributed by atoms with van der Waals surface area (Å²) in [5.74, 6) is -0.133. The topological polar surface area (TPSA) is 94.1 Å². The summed E-state index contributed by atoms with van der Waals surface area (Å²) in [5, 5.41) is 0.916. The Balaban J connectivity index is 1.89. The molecule has 0 bridgehead atoms. The van der Waals surface area contributed by atoms with Gasteiger partial charge in [-0.25, -0.2) is 9.78 Å². The van der Waals surface area contributed by atoms with Gasteiger partial charge in [-0.1, -0.05) is 23.7 Å². The van der Waals surface area contributed by atoms with Crippen LogP contribution in [0.2, 0.25) is 5.02 Å². The van der Waals surface area contributed by atoms with Gasteiger partial charge in [0.15, 0.2) is 5.78 Å². The van der Waals surface area contributed by atoms with Crippen LogP contribution in [0.15, 0.2) is 40.1 Å². The molecule has 4 rings (SSSR count). The molecule has 1 aliphatic carbocycles. The summed E-state index contributed by atoms with van der Waals surface area (Å²) in [7, 11) is 1.53. The Bertz CT molecular complexity index is 1180. The van der Waals surface area contributed by atoms with Crippen molar-refractivity contribution in [3.05, 3.63) is 73.0 Å². The number of benzene rings is 1. The van der Waals surface area contributed by atoms with Crippen LogP contribution in [0.4, 0.5) is 0 Å². The van der Waals surface area contributed by atoms with E-state index in [-0.39, 0.29) is 23.9 Å². The number of Topliss-reactive ketones (excluding diaryl/α,β-unsaturated/α-hetero) is 1. The van der Waals surface area contributed by atoms with Crippen LogP contribution in [0, 0.1) is 0 Å². The van der Waals surface area contributed by atoms with E-state index in [1.54, 1.807) is 12.1 Å². The monoisotopic (exact) mass is 399 g/mol. The summed E-state index contributed by atoms with van der Waals surface area (Å²) < 4.78 is 6.42. The number of aromatic nitrogens is 3. The van der Waals surface area contributed by atoms with Crippen molar-refractivity contribution in [2.24, 2.45) is 0 Å². The Morgan fingerprint density at radius 3 is 2.68 bits per heavy atom. The van der Waals surface area contributed by atoms with Gasteiger partial charge < -0.3 is 4.74 Å². The lowest BCUT2D eigenvalue weighted by atomic mass is 9.79. The molecule has 0 saturated carbocycles. The Hall–Kier alpha value is -2.77. The van der Waals surface area contributed by atoms with Gasteiger partial charge in [0.1, 0.15) is 5.65 Å². The average Bonchev–Trinajstić information content (AvgIpc) is 2.67. The predicted octanol–water partition coefficient (Wildman–Crippen LogP) is 2.30. The number of nitrogens with zero attached hydrogens (tertiary/aromatic N) is 2. The van der Waals surface area contributed by atoms with Crippen LogP contribution in [0.1, 0.15) is 33.8 Å². The first kappa shape index (κ1) is 18.6. The molecule has 1 N–H and O–H groups in total. The quantitative estimate of drug-likeness (QED) is 0.726. The number of ketones is 1.